The fourth-order valence-corrected chi connectivity index (χ4v) is 4.89. The summed E-state index contributed by atoms with van der Waals surface area (Å²) in [5.74, 6) is -1.14. The Morgan fingerprint density at radius 2 is 2.00 bits per heavy atom. The van der Waals surface area contributed by atoms with E-state index in [9.17, 15) is 17.2 Å². The fraction of sp³-hybridized carbons (Fsp3) is 0.571. The molecule has 0 aliphatic carbocycles. The Balaban J connectivity index is 1.86. The summed E-state index contributed by atoms with van der Waals surface area (Å²) < 4.78 is 60.3. The van der Waals surface area contributed by atoms with E-state index in [-0.39, 0.29) is 11.7 Å². The number of rotatable bonds is 4. The summed E-state index contributed by atoms with van der Waals surface area (Å²) in [7, 11) is -2.14. The Bertz CT molecular complexity index is 662. The van der Waals surface area contributed by atoms with E-state index in [4.69, 9.17) is 4.74 Å². The number of hydrogen-bond donors (Lipinski definition) is 0. The second-order valence-corrected chi connectivity index (χ2v) is 7.50. The lowest BCUT2D eigenvalue weighted by Crippen LogP contribution is -2.58. The van der Waals surface area contributed by atoms with Gasteiger partial charge in [-0.1, -0.05) is 0 Å². The van der Waals surface area contributed by atoms with Gasteiger partial charge in [0, 0.05) is 32.3 Å². The van der Waals surface area contributed by atoms with Crippen molar-refractivity contribution in [1.29, 1.82) is 0 Å². The van der Waals surface area contributed by atoms with E-state index in [0.717, 1.165) is 18.2 Å². The Morgan fingerprint density at radius 3 is 2.68 bits per heavy atom. The molecule has 8 heteroatoms. The van der Waals surface area contributed by atoms with Crippen molar-refractivity contribution in [3.63, 3.8) is 0 Å². The van der Waals surface area contributed by atoms with Gasteiger partial charge >= 0.3 is 0 Å². The number of benzene rings is 1. The first-order valence-electron chi connectivity index (χ1n) is 7.18. The van der Waals surface area contributed by atoms with Crippen molar-refractivity contribution < 1.29 is 21.9 Å². The molecule has 5 nitrogen and oxygen atoms in total. The van der Waals surface area contributed by atoms with Gasteiger partial charge in [0.25, 0.3) is 10.2 Å². The monoisotopic (exact) mass is 332 g/mol. The minimum Gasteiger partial charge on any atom is -0.379 e. The Hall–Kier alpha value is -1.09. The molecule has 0 saturated carbocycles. The van der Waals surface area contributed by atoms with Crippen molar-refractivity contribution in [2.24, 2.45) is 0 Å². The lowest BCUT2D eigenvalue weighted by Gasteiger charge is -2.40. The van der Waals surface area contributed by atoms with Crippen LogP contribution < -0.4 is 0 Å². The van der Waals surface area contributed by atoms with Crippen LogP contribution in [0.4, 0.5) is 8.78 Å². The molecule has 0 bridgehead atoms. The number of halogens is 2. The standard InChI is InChI=1S/C14H18F2N2O3S/c1-21-11-8-17(9-11)22(19,20)18-6-2-3-14(18)12-7-10(15)4-5-13(12)16/h4-5,7,11,14H,2-3,6,8-9H2,1H3. The van der Waals surface area contributed by atoms with Crippen LogP contribution in [0, 0.1) is 11.6 Å². The molecule has 0 amide bonds. The maximum absolute atomic E-state index is 14.0. The summed E-state index contributed by atoms with van der Waals surface area (Å²) in [6.07, 6.45) is 1.02. The average Bonchev–Trinajstić information content (AvgIpc) is 2.90. The van der Waals surface area contributed by atoms with E-state index in [0.29, 0.717) is 32.5 Å². The smallest absolute Gasteiger partial charge is 0.282 e. The quantitative estimate of drug-likeness (QED) is 0.843. The molecular weight excluding hydrogens is 314 g/mol. The number of methoxy groups -OCH3 is 1. The van der Waals surface area contributed by atoms with Crippen LogP contribution in [-0.2, 0) is 14.9 Å². The highest BCUT2D eigenvalue weighted by Gasteiger charge is 2.44. The molecule has 2 heterocycles. The first kappa shape index (κ1) is 15.8. The third kappa shape index (κ3) is 2.64. The normalized spacial score (nSPS) is 24.6. The minimum absolute atomic E-state index is 0.0956. The highest BCUT2D eigenvalue weighted by Crippen LogP contribution is 2.37. The van der Waals surface area contributed by atoms with E-state index in [1.807, 2.05) is 0 Å². The molecule has 0 N–H and O–H groups in total. The van der Waals surface area contributed by atoms with Crippen molar-refractivity contribution in [3.8, 4) is 0 Å². The summed E-state index contributed by atoms with van der Waals surface area (Å²) in [6.45, 7) is 0.915. The Kier molecular flexibility index (Phi) is 4.19. The van der Waals surface area contributed by atoms with Gasteiger partial charge in [-0.15, -0.1) is 0 Å². The molecule has 1 aromatic carbocycles. The largest absolute Gasteiger partial charge is 0.379 e. The number of nitrogens with zero attached hydrogens (tertiary/aromatic N) is 2. The van der Waals surface area contributed by atoms with E-state index in [2.05, 4.69) is 0 Å². The summed E-state index contributed by atoms with van der Waals surface area (Å²) in [5.41, 5.74) is 0.102. The summed E-state index contributed by atoms with van der Waals surface area (Å²) in [4.78, 5) is 0. The van der Waals surface area contributed by atoms with Crippen molar-refractivity contribution in [3.05, 3.63) is 35.4 Å². The third-order valence-electron chi connectivity index (χ3n) is 4.29. The van der Waals surface area contributed by atoms with Crippen LogP contribution in [0.5, 0.6) is 0 Å². The second-order valence-electron chi connectivity index (χ2n) is 5.62. The lowest BCUT2D eigenvalue weighted by molar-refractivity contribution is 0.00934. The summed E-state index contributed by atoms with van der Waals surface area (Å²) >= 11 is 0. The van der Waals surface area contributed by atoms with Crippen molar-refractivity contribution in [2.75, 3.05) is 26.7 Å². The Labute approximate surface area is 128 Å². The zero-order chi connectivity index (χ0) is 15.9. The molecule has 2 fully saturated rings. The Morgan fingerprint density at radius 1 is 1.27 bits per heavy atom. The predicted octanol–water partition coefficient (Wildman–Crippen LogP) is 1.68. The molecule has 0 aromatic heterocycles. The summed E-state index contributed by atoms with van der Waals surface area (Å²) in [6, 6.07) is 2.51. The molecule has 22 heavy (non-hydrogen) atoms. The zero-order valence-electron chi connectivity index (χ0n) is 12.2. The molecule has 2 aliphatic heterocycles. The highest BCUT2D eigenvalue weighted by atomic mass is 32.2. The molecule has 2 aliphatic rings. The minimum atomic E-state index is -3.67. The van der Waals surface area contributed by atoms with Gasteiger partial charge in [0.1, 0.15) is 11.6 Å². The van der Waals surface area contributed by atoms with Gasteiger partial charge in [0.2, 0.25) is 0 Å². The molecule has 2 saturated heterocycles. The van der Waals surface area contributed by atoms with Gasteiger partial charge in [0.05, 0.1) is 12.1 Å². The van der Waals surface area contributed by atoms with Crippen molar-refractivity contribution >= 4 is 10.2 Å². The zero-order valence-corrected chi connectivity index (χ0v) is 13.0. The molecule has 0 spiro atoms. The third-order valence-corrected chi connectivity index (χ3v) is 6.27. The van der Waals surface area contributed by atoms with Gasteiger partial charge in [0.15, 0.2) is 0 Å². The van der Waals surface area contributed by atoms with Gasteiger partial charge in [-0.05, 0) is 31.0 Å². The molecule has 1 unspecified atom stereocenters. The highest BCUT2D eigenvalue weighted by molar-refractivity contribution is 7.86. The van der Waals surface area contributed by atoms with Gasteiger partial charge in [-0.25, -0.2) is 8.78 Å². The maximum Gasteiger partial charge on any atom is 0.282 e. The molecule has 1 atom stereocenters. The van der Waals surface area contributed by atoms with Crippen LogP contribution in [0.3, 0.4) is 0 Å². The second kappa shape index (κ2) is 5.84. The molecule has 122 valence electrons. The van der Waals surface area contributed by atoms with Crippen LogP contribution in [-0.4, -0.2) is 49.9 Å². The van der Waals surface area contributed by atoms with Crippen LogP contribution in [0.2, 0.25) is 0 Å². The molecule has 1 aromatic rings. The van der Waals surface area contributed by atoms with Crippen LogP contribution >= 0.6 is 0 Å². The predicted molar refractivity (Wildman–Crippen MR) is 76.3 cm³/mol. The van der Waals surface area contributed by atoms with E-state index in [1.165, 1.54) is 15.7 Å². The van der Waals surface area contributed by atoms with E-state index >= 15 is 0 Å². The maximum atomic E-state index is 14.0. The van der Waals surface area contributed by atoms with Crippen molar-refractivity contribution in [1.82, 2.24) is 8.61 Å². The van der Waals surface area contributed by atoms with Crippen molar-refractivity contribution in [2.45, 2.75) is 25.0 Å². The van der Waals surface area contributed by atoms with E-state index in [1.54, 1.807) is 0 Å². The van der Waals surface area contributed by atoms with Crippen LogP contribution in [0.25, 0.3) is 0 Å². The topological polar surface area (TPSA) is 49.9 Å². The first-order chi connectivity index (χ1) is 10.4. The summed E-state index contributed by atoms with van der Waals surface area (Å²) in [5, 5.41) is 0. The molecule has 3 rings (SSSR count). The number of hydrogen-bond acceptors (Lipinski definition) is 3. The number of ether oxygens (including phenoxy) is 1. The molecule has 0 radical (unpaired) electrons. The van der Waals surface area contributed by atoms with Gasteiger partial charge in [-0.2, -0.15) is 17.0 Å². The molecular formula is C14H18F2N2O3S. The van der Waals surface area contributed by atoms with E-state index < -0.39 is 27.9 Å². The van der Waals surface area contributed by atoms with Gasteiger partial charge in [-0.3, -0.25) is 0 Å². The van der Waals surface area contributed by atoms with Crippen LogP contribution in [0.1, 0.15) is 24.4 Å². The SMILES string of the molecule is COC1CN(S(=O)(=O)N2CCCC2c2cc(F)ccc2F)C1. The lowest BCUT2D eigenvalue weighted by atomic mass is 10.0. The van der Waals surface area contributed by atoms with Crippen LogP contribution in [0.15, 0.2) is 18.2 Å². The fourth-order valence-electron chi connectivity index (χ4n) is 2.98. The first-order valence-corrected chi connectivity index (χ1v) is 8.58. The average molecular weight is 332 g/mol. The van der Waals surface area contributed by atoms with Gasteiger partial charge < -0.3 is 4.74 Å².